The maximum Gasteiger partial charge on any atom is 0.409 e. The summed E-state index contributed by atoms with van der Waals surface area (Å²) in [6.45, 7) is 6.71. The molecule has 0 N–H and O–H groups in total. The molecule has 1 amide bonds. The molecule has 1 heterocycles. The Bertz CT molecular complexity index is 153. The van der Waals surface area contributed by atoms with E-state index >= 15 is 0 Å². The average molecular weight is 172 g/mol. The van der Waals surface area contributed by atoms with Gasteiger partial charge < -0.3 is 14.5 Å². The lowest BCUT2D eigenvalue weighted by Crippen LogP contribution is -2.48. The smallest absolute Gasteiger partial charge is 0.409 e. The fourth-order valence-electron chi connectivity index (χ4n) is 1.38. The molecular weight excluding hydrogens is 156 g/mol. The lowest BCUT2D eigenvalue weighted by molar-refractivity contribution is 0.0927. The Morgan fingerprint density at radius 3 is 2.33 bits per heavy atom. The highest BCUT2D eigenvalue weighted by atomic mass is 16.5. The molecule has 4 heteroatoms. The minimum absolute atomic E-state index is 0.203. The van der Waals surface area contributed by atoms with Crippen LogP contribution in [0.25, 0.3) is 0 Å². The van der Waals surface area contributed by atoms with Crippen molar-refractivity contribution in [1.82, 2.24) is 9.80 Å². The van der Waals surface area contributed by atoms with Crippen LogP contribution in [-0.2, 0) is 4.74 Å². The fraction of sp³-hybridized carbons (Fsp3) is 0.875. The maximum atomic E-state index is 11.0. The molecule has 1 aliphatic rings. The number of hydrogen-bond acceptors (Lipinski definition) is 3. The van der Waals surface area contributed by atoms with Gasteiger partial charge in [-0.3, -0.25) is 0 Å². The van der Waals surface area contributed by atoms with Crippen molar-refractivity contribution >= 4 is 6.09 Å². The number of piperazine rings is 1. The highest BCUT2D eigenvalue weighted by molar-refractivity contribution is 5.67. The van der Waals surface area contributed by atoms with E-state index in [9.17, 15) is 4.79 Å². The summed E-state index contributed by atoms with van der Waals surface area (Å²) >= 11 is 0. The van der Waals surface area contributed by atoms with Crippen LogP contribution in [0.15, 0.2) is 0 Å². The van der Waals surface area contributed by atoms with E-state index < -0.39 is 0 Å². The molecule has 1 saturated heterocycles. The molecule has 12 heavy (non-hydrogen) atoms. The van der Waals surface area contributed by atoms with Crippen LogP contribution in [0, 0.1) is 0 Å². The maximum absolute atomic E-state index is 11.0. The van der Waals surface area contributed by atoms with Gasteiger partial charge in [0.05, 0.1) is 7.11 Å². The molecule has 1 fully saturated rings. The minimum atomic E-state index is -0.203. The highest BCUT2D eigenvalue weighted by Crippen LogP contribution is 2.02. The molecule has 1 aliphatic heterocycles. The molecule has 0 bridgehead atoms. The third-order valence-electron chi connectivity index (χ3n) is 2.25. The van der Waals surface area contributed by atoms with Crippen LogP contribution in [0.5, 0.6) is 0 Å². The number of carbonyl (C=O) groups is 1. The fourth-order valence-corrected chi connectivity index (χ4v) is 1.38. The van der Waals surface area contributed by atoms with E-state index in [1.54, 1.807) is 4.90 Å². The Morgan fingerprint density at radius 2 is 1.92 bits per heavy atom. The molecule has 0 spiro atoms. The summed E-state index contributed by atoms with van der Waals surface area (Å²) in [6.07, 6.45) is -0.203. The largest absolute Gasteiger partial charge is 0.453 e. The molecule has 70 valence electrons. The van der Waals surface area contributed by atoms with Gasteiger partial charge in [0.15, 0.2) is 0 Å². The van der Waals surface area contributed by atoms with E-state index in [0.29, 0.717) is 0 Å². The third kappa shape index (κ3) is 2.11. The quantitative estimate of drug-likeness (QED) is 0.573. The summed E-state index contributed by atoms with van der Waals surface area (Å²) in [6, 6.07) is 0. The van der Waals surface area contributed by atoms with E-state index in [2.05, 4.69) is 16.6 Å². The predicted octanol–water partition coefficient (Wildman–Crippen LogP) is 0.390. The van der Waals surface area contributed by atoms with E-state index in [4.69, 9.17) is 0 Å². The van der Waals surface area contributed by atoms with Crippen LogP contribution in [-0.4, -0.2) is 55.7 Å². The molecule has 0 aromatic carbocycles. The lowest BCUT2D eigenvalue weighted by Gasteiger charge is -2.32. The van der Waals surface area contributed by atoms with Crippen molar-refractivity contribution in [3.8, 4) is 0 Å². The Morgan fingerprint density at radius 1 is 1.33 bits per heavy atom. The van der Waals surface area contributed by atoms with Gasteiger partial charge in [-0.1, -0.05) is 6.92 Å². The van der Waals surface area contributed by atoms with Gasteiger partial charge in [0, 0.05) is 26.2 Å². The number of hydrogen-bond donors (Lipinski definition) is 0. The van der Waals surface area contributed by atoms with Gasteiger partial charge in [-0.15, -0.1) is 0 Å². The zero-order valence-corrected chi connectivity index (χ0v) is 7.75. The minimum Gasteiger partial charge on any atom is -0.453 e. The normalized spacial score (nSPS) is 19.3. The van der Waals surface area contributed by atoms with Gasteiger partial charge in [-0.25, -0.2) is 4.79 Å². The van der Waals surface area contributed by atoms with Gasteiger partial charge in [0.25, 0.3) is 0 Å². The van der Waals surface area contributed by atoms with Crippen LogP contribution in [0.1, 0.15) is 6.92 Å². The number of amides is 1. The highest BCUT2D eigenvalue weighted by Gasteiger charge is 2.19. The molecule has 0 unspecified atom stereocenters. The second-order valence-electron chi connectivity index (χ2n) is 2.89. The molecule has 1 rings (SSSR count). The average Bonchev–Trinajstić information content (AvgIpc) is 2.17. The summed E-state index contributed by atoms with van der Waals surface area (Å²) in [5, 5.41) is 0. The summed E-state index contributed by atoms with van der Waals surface area (Å²) in [5.74, 6) is 0. The van der Waals surface area contributed by atoms with Crippen LogP contribution >= 0.6 is 0 Å². The van der Waals surface area contributed by atoms with Crippen molar-refractivity contribution in [3.63, 3.8) is 0 Å². The predicted molar refractivity (Wildman–Crippen MR) is 46.1 cm³/mol. The number of ether oxygens (including phenoxy) is 1. The number of carbonyl (C=O) groups excluding carboxylic acids is 1. The zero-order chi connectivity index (χ0) is 8.97. The summed E-state index contributed by atoms with van der Waals surface area (Å²) < 4.78 is 4.63. The van der Waals surface area contributed by atoms with Crippen molar-refractivity contribution in [2.45, 2.75) is 6.92 Å². The van der Waals surface area contributed by atoms with Gasteiger partial charge in [0.1, 0.15) is 0 Å². The molecule has 4 nitrogen and oxygen atoms in total. The van der Waals surface area contributed by atoms with Gasteiger partial charge in [-0.05, 0) is 6.54 Å². The van der Waals surface area contributed by atoms with Crippen molar-refractivity contribution < 1.29 is 9.53 Å². The molecule has 0 radical (unpaired) electrons. The Labute approximate surface area is 73.1 Å². The molecular formula is C8H16N2O2. The molecule has 0 aromatic rings. The number of likely N-dealkylation sites (N-methyl/N-ethyl adjacent to an activating group) is 1. The van der Waals surface area contributed by atoms with Crippen molar-refractivity contribution in [2.24, 2.45) is 0 Å². The summed E-state index contributed by atoms with van der Waals surface area (Å²) in [7, 11) is 1.43. The first kappa shape index (κ1) is 9.32. The van der Waals surface area contributed by atoms with E-state index in [-0.39, 0.29) is 6.09 Å². The summed E-state index contributed by atoms with van der Waals surface area (Å²) in [5.41, 5.74) is 0. The van der Waals surface area contributed by atoms with E-state index in [0.717, 1.165) is 32.7 Å². The SMILES string of the molecule is CCN1CCN(C(=O)OC)CC1. The molecule has 0 aliphatic carbocycles. The zero-order valence-electron chi connectivity index (χ0n) is 7.75. The number of rotatable bonds is 1. The van der Waals surface area contributed by atoms with Gasteiger partial charge in [-0.2, -0.15) is 0 Å². The van der Waals surface area contributed by atoms with Crippen LogP contribution in [0.4, 0.5) is 4.79 Å². The molecule has 0 atom stereocenters. The third-order valence-corrected chi connectivity index (χ3v) is 2.25. The number of methoxy groups -OCH3 is 1. The van der Waals surface area contributed by atoms with E-state index in [1.165, 1.54) is 7.11 Å². The second kappa shape index (κ2) is 4.30. The first-order valence-corrected chi connectivity index (χ1v) is 4.33. The Balaban J connectivity index is 2.30. The van der Waals surface area contributed by atoms with Crippen molar-refractivity contribution in [2.75, 3.05) is 39.8 Å². The Hall–Kier alpha value is -0.770. The monoisotopic (exact) mass is 172 g/mol. The van der Waals surface area contributed by atoms with Crippen molar-refractivity contribution in [1.29, 1.82) is 0 Å². The Kier molecular flexibility index (Phi) is 3.34. The van der Waals surface area contributed by atoms with Crippen LogP contribution in [0.2, 0.25) is 0 Å². The first-order valence-electron chi connectivity index (χ1n) is 4.33. The lowest BCUT2D eigenvalue weighted by atomic mass is 10.3. The first-order chi connectivity index (χ1) is 5.77. The number of nitrogens with zero attached hydrogens (tertiary/aromatic N) is 2. The van der Waals surface area contributed by atoms with Crippen LogP contribution in [0.3, 0.4) is 0 Å². The second-order valence-corrected chi connectivity index (χ2v) is 2.89. The summed E-state index contributed by atoms with van der Waals surface area (Å²) in [4.78, 5) is 15.1. The van der Waals surface area contributed by atoms with Gasteiger partial charge in [0.2, 0.25) is 0 Å². The van der Waals surface area contributed by atoms with Gasteiger partial charge >= 0.3 is 6.09 Å². The van der Waals surface area contributed by atoms with Crippen molar-refractivity contribution in [3.05, 3.63) is 0 Å². The topological polar surface area (TPSA) is 32.8 Å². The standard InChI is InChI=1S/C8H16N2O2/c1-3-9-4-6-10(7-5-9)8(11)12-2/h3-7H2,1-2H3. The molecule has 0 saturated carbocycles. The van der Waals surface area contributed by atoms with Crippen LogP contribution < -0.4 is 0 Å². The van der Waals surface area contributed by atoms with E-state index in [1.807, 2.05) is 0 Å². The molecule has 0 aromatic heterocycles.